The maximum absolute atomic E-state index is 12.7. The molecule has 0 aromatic carbocycles. The molecule has 0 radical (unpaired) electrons. The molecule has 2 rings (SSSR count). The van der Waals surface area contributed by atoms with Gasteiger partial charge in [0.25, 0.3) is 0 Å². The SMILES string of the molecule is CCCCCS(=O)(=O)C1CC2(CCC1NCC)OCCO2. The van der Waals surface area contributed by atoms with Crippen LogP contribution in [0.3, 0.4) is 0 Å². The maximum atomic E-state index is 12.7. The molecular weight excluding hydrogens is 290 g/mol. The first-order chi connectivity index (χ1) is 10.0. The van der Waals surface area contributed by atoms with Gasteiger partial charge in [-0.15, -0.1) is 0 Å². The van der Waals surface area contributed by atoms with Crippen LogP contribution in [0, 0.1) is 0 Å². The first-order valence-electron chi connectivity index (χ1n) is 8.26. The Morgan fingerprint density at radius 1 is 1.19 bits per heavy atom. The first-order valence-corrected chi connectivity index (χ1v) is 9.97. The Morgan fingerprint density at radius 3 is 2.52 bits per heavy atom. The van der Waals surface area contributed by atoms with E-state index in [4.69, 9.17) is 9.47 Å². The van der Waals surface area contributed by atoms with Crippen molar-refractivity contribution in [3.63, 3.8) is 0 Å². The minimum absolute atomic E-state index is 0.0278. The predicted molar refractivity (Wildman–Crippen MR) is 83.1 cm³/mol. The van der Waals surface area contributed by atoms with Crippen LogP contribution in [-0.2, 0) is 19.3 Å². The molecule has 5 nitrogen and oxygen atoms in total. The van der Waals surface area contributed by atoms with E-state index in [-0.39, 0.29) is 17.0 Å². The molecule has 1 N–H and O–H groups in total. The summed E-state index contributed by atoms with van der Waals surface area (Å²) in [6.07, 6.45) is 4.81. The zero-order valence-corrected chi connectivity index (χ0v) is 14.1. The zero-order valence-electron chi connectivity index (χ0n) is 13.3. The Bertz CT molecular complexity index is 417. The fourth-order valence-electron chi connectivity index (χ4n) is 3.45. The average molecular weight is 319 g/mol. The highest BCUT2D eigenvalue weighted by atomic mass is 32.2. The summed E-state index contributed by atoms with van der Waals surface area (Å²) in [4.78, 5) is 0. The molecule has 2 unspecified atom stereocenters. The Balaban J connectivity index is 2.09. The average Bonchev–Trinajstić information content (AvgIpc) is 2.90. The van der Waals surface area contributed by atoms with Crippen molar-refractivity contribution in [2.75, 3.05) is 25.5 Å². The van der Waals surface area contributed by atoms with Crippen molar-refractivity contribution < 1.29 is 17.9 Å². The van der Waals surface area contributed by atoms with Crippen LogP contribution in [0.4, 0.5) is 0 Å². The van der Waals surface area contributed by atoms with Gasteiger partial charge in [0.2, 0.25) is 0 Å². The van der Waals surface area contributed by atoms with Crippen LogP contribution in [0.15, 0.2) is 0 Å². The maximum Gasteiger partial charge on any atom is 0.169 e. The lowest BCUT2D eigenvalue weighted by atomic mass is 9.89. The normalized spacial score (nSPS) is 29.0. The Hall–Kier alpha value is -0.170. The fourth-order valence-corrected chi connectivity index (χ4v) is 5.60. The van der Waals surface area contributed by atoms with Crippen LogP contribution in [0.2, 0.25) is 0 Å². The van der Waals surface area contributed by atoms with E-state index >= 15 is 0 Å². The van der Waals surface area contributed by atoms with Crippen molar-refractivity contribution in [2.45, 2.75) is 69.5 Å². The van der Waals surface area contributed by atoms with Crippen LogP contribution in [0.5, 0.6) is 0 Å². The van der Waals surface area contributed by atoms with E-state index in [0.29, 0.717) is 19.6 Å². The molecule has 0 amide bonds. The van der Waals surface area contributed by atoms with Crippen LogP contribution in [0.1, 0.15) is 52.4 Å². The summed E-state index contributed by atoms with van der Waals surface area (Å²) < 4.78 is 37.0. The van der Waals surface area contributed by atoms with Gasteiger partial charge in [0.05, 0.1) is 24.2 Å². The van der Waals surface area contributed by atoms with Gasteiger partial charge in [-0.2, -0.15) is 0 Å². The quantitative estimate of drug-likeness (QED) is 0.726. The van der Waals surface area contributed by atoms with Crippen molar-refractivity contribution in [1.82, 2.24) is 5.32 Å². The summed E-state index contributed by atoms with van der Waals surface area (Å²) in [5.74, 6) is -0.363. The van der Waals surface area contributed by atoms with Gasteiger partial charge in [-0.3, -0.25) is 0 Å². The van der Waals surface area contributed by atoms with Crippen LogP contribution in [-0.4, -0.2) is 51.0 Å². The second-order valence-corrected chi connectivity index (χ2v) is 8.47. The lowest BCUT2D eigenvalue weighted by molar-refractivity contribution is -0.178. The second kappa shape index (κ2) is 7.40. The number of rotatable bonds is 7. The minimum Gasteiger partial charge on any atom is -0.347 e. The van der Waals surface area contributed by atoms with Crippen LogP contribution in [0.25, 0.3) is 0 Å². The molecule has 1 saturated heterocycles. The van der Waals surface area contributed by atoms with E-state index < -0.39 is 15.6 Å². The third kappa shape index (κ3) is 4.18. The lowest BCUT2D eigenvalue weighted by Crippen LogP contribution is -2.54. The summed E-state index contributed by atoms with van der Waals surface area (Å²) in [6.45, 7) is 6.06. The largest absolute Gasteiger partial charge is 0.347 e. The van der Waals surface area contributed by atoms with Crippen molar-refractivity contribution in [3.05, 3.63) is 0 Å². The molecule has 1 aliphatic carbocycles. The monoisotopic (exact) mass is 319 g/mol. The van der Waals surface area contributed by atoms with Gasteiger partial charge in [-0.05, 0) is 19.4 Å². The highest BCUT2D eigenvalue weighted by Gasteiger charge is 2.49. The van der Waals surface area contributed by atoms with Gasteiger partial charge in [-0.25, -0.2) is 8.42 Å². The molecule has 6 heteroatoms. The van der Waals surface area contributed by atoms with Gasteiger partial charge >= 0.3 is 0 Å². The predicted octanol–water partition coefficient (Wildman–Crippen LogP) is 1.87. The topological polar surface area (TPSA) is 64.6 Å². The summed E-state index contributed by atoms with van der Waals surface area (Å²) in [5.41, 5.74) is 0. The number of nitrogens with one attached hydrogen (secondary N) is 1. The van der Waals surface area contributed by atoms with Gasteiger partial charge in [0.15, 0.2) is 15.6 Å². The lowest BCUT2D eigenvalue weighted by Gasteiger charge is -2.41. The standard InChI is InChI=1S/C15H29NO4S/c1-3-5-6-11-21(17,18)14-12-15(19-9-10-20-15)8-7-13(14)16-4-2/h13-14,16H,3-12H2,1-2H3. The van der Waals surface area contributed by atoms with Crippen molar-refractivity contribution in [3.8, 4) is 0 Å². The summed E-state index contributed by atoms with van der Waals surface area (Å²) >= 11 is 0. The van der Waals surface area contributed by atoms with Gasteiger partial charge < -0.3 is 14.8 Å². The molecule has 1 spiro atoms. The number of hydrogen-bond acceptors (Lipinski definition) is 5. The fraction of sp³-hybridized carbons (Fsp3) is 1.00. The molecule has 21 heavy (non-hydrogen) atoms. The third-order valence-electron chi connectivity index (χ3n) is 4.57. The Morgan fingerprint density at radius 2 is 1.90 bits per heavy atom. The number of ether oxygens (including phenoxy) is 2. The molecule has 0 bridgehead atoms. The second-order valence-electron chi connectivity index (χ2n) is 6.13. The number of hydrogen-bond donors (Lipinski definition) is 1. The molecule has 1 heterocycles. The molecule has 124 valence electrons. The van der Waals surface area contributed by atoms with Crippen molar-refractivity contribution >= 4 is 9.84 Å². The van der Waals surface area contributed by atoms with Gasteiger partial charge in [-0.1, -0.05) is 26.7 Å². The zero-order chi connectivity index (χ0) is 15.3. The Kier molecular flexibility index (Phi) is 6.05. The highest BCUT2D eigenvalue weighted by Crippen LogP contribution is 2.38. The van der Waals surface area contributed by atoms with Gasteiger partial charge in [0.1, 0.15) is 0 Å². The van der Waals surface area contributed by atoms with E-state index in [0.717, 1.165) is 38.6 Å². The van der Waals surface area contributed by atoms with Crippen LogP contribution >= 0.6 is 0 Å². The first kappa shape index (κ1) is 17.2. The molecular formula is C15H29NO4S. The third-order valence-corrected chi connectivity index (χ3v) is 6.85. The number of unbranched alkanes of at least 4 members (excludes halogenated alkanes) is 2. The number of sulfone groups is 1. The Labute approximate surface area is 128 Å². The van der Waals surface area contributed by atoms with E-state index in [9.17, 15) is 8.42 Å². The van der Waals surface area contributed by atoms with Crippen molar-refractivity contribution in [2.24, 2.45) is 0 Å². The molecule has 2 fully saturated rings. The van der Waals surface area contributed by atoms with Crippen molar-refractivity contribution in [1.29, 1.82) is 0 Å². The molecule has 2 aliphatic rings. The molecule has 0 aromatic heterocycles. The smallest absolute Gasteiger partial charge is 0.169 e. The minimum atomic E-state index is -3.11. The molecule has 0 aromatic rings. The molecule has 1 aliphatic heterocycles. The van der Waals surface area contributed by atoms with Crippen LogP contribution < -0.4 is 5.32 Å². The molecule has 1 saturated carbocycles. The van der Waals surface area contributed by atoms with E-state index in [1.807, 2.05) is 6.92 Å². The van der Waals surface area contributed by atoms with E-state index in [1.165, 1.54) is 0 Å². The summed E-state index contributed by atoms with van der Waals surface area (Å²) in [7, 11) is -3.11. The summed E-state index contributed by atoms with van der Waals surface area (Å²) in [6, 6.07) is 0.0278. The van der Waals surface area contributed by atoms with Gasteiger partial charge in [0, 0.05) is 18.9 Å². The highest BCUT2D eigenvalue weighted by molar-refractivity contribution is 7.92. The van der Waals surface area contributed by atoms with E-state index in [2.05, 4.69) is 12.2 Å². The van der Waals surface area contributed by atoms with E-state index in [1.54, 1.807) is 0 Å². The summed E-state index contributed by atoms with van der Waals surface area (Å²) in [5, 5.41) is 2.96. The molecule has 2 atom stereocenters.